The van der Waals surface area contributed by atoms with E-state index in [0.717, 1.165) is 13.1 Å². The zero-order chi connectivity index (χ0) is 11.3. The van der Waals surface area contributed by atoms with Gasteiger partial charge in [0.15, 0.2) is 0 Å². The molecular formula is C9H15ClN4O. The van der Waals surface area contributed by atoms with Crippen molar-refractivity contribution in [1.82, 2.24) is 15.0 Å². The van der Waals surface area contributed by atoms with Crippen molar-refractivity contribution in [2.24, 2.45) is 0 Å². The molecule has 0 aliphatic rings. The molecule has 0 aromatic carbocycles. The first-order chi connectivity index (χ1) is 7.17. The molecule has 0 atom stereocenters. The van der Waals surface area contributed by atoms with Crippen LogP contribution in [-0.2, 0) is 4.74 Å². The summed E-state index contributed by atoms with van der Waals surface area (Å²) in [6.45, 7) is 6.01. The minimum Gasteiger partial charge on any atom is -0.383 e. The van der Waals surface area contributed by atoms with E-state index in [-0.39, 0.29) is 5.28 Å². The van der Waals surface area contributed by atoms with Crippen molar-refractivity contribution in [2.45, 2.75) is 13.8 Å². The fraction of sp³-hybridized carbons (Fsp3) is 0.667. The molecule has 0 amide bonds. The van der Waals surface area contributed by atoms with Crippen molar-refractivity contribution < 1.29 is 4.74 Å². The van der Waals surface area contributed by atoms with Gasteiger partial charge in [0.2, 0.25) is 11.2 Å². The molecule has 0 unspecified atom stereocenters. The van der Waals surface area contributed by atoms with Gasteiger partial charge in [0.25, 0.3) is 0 Å². The van der Waals surface area contributed by atoms with Gasteiger partial charge in [0, 0.05) is 20.2 Å². The van der Waals surface area contributed by atoms with Gasteiger partial charge in [-0.25, -0.2) is 4.98 Å². The van der Waals surface area contributed by atoms with Crippen LogP contribution in [0.4, 0.5) is 5.95 Å². The summed E-state index contributed by atoms with van der Waals surface area (Å²) in [6.07, 6.45) is 0. The third-order valence-electron chi connectivity index (χ3n) is 1.94. The van der Waals surface area contributed by atoms with Crippen molar-refractivity contribution in [1.29, 1.82) is 0 Å². The van der Waals surface area contributed by atoms with Crippen LogP contribution in [0, 0.1) is 6.92 Å². The minimum atomic E-state index is 0.230. The SMILES string of the molecule is CCN(CCOC)c1nc(C)nc(Cl)n1. The zero-order valence-electron chi connectivity index (χ0n) is 9.20. The summed E-state index contributed by atoms with van der Waals surface area (Å²) in [7, 11) is 1.67. The number of methoxy groups -OCH3 is 1. The van der Waals surface area contributed by atoms with Crippen molar-refractivity contribution in [3.8, 4) is 0 Å². The molecule has 15 heavy (non-hydrogen) atoms. The molecule has 84 valence electrons. The fourth-order valence-corrected chi connectivity index (χ4v) is 1.38. The van der Waals surface area contributed by atoms with E-state index in [1.807, 2.05) is 11.8 Å². The monoisotopic (exact) mass is 230 g/mol. The number of nitrogens with zero attached hydrogens (tertiary/aromatic N) is 4. The number of hydrogen-bond acceptors (Lipinski definition) is 5. The lowest BCUT2D eigenvalue weighted by atomic mass is 10.5. The Labute approximate surface area is 94.5 Å². The Bertz CT molecular complexity index is 301. The molecule has 0 fully saturated rings. The molecule has 0 spiro atoms. The Morgan fingerprint density at radius 3 is 2.60 bits per heavy atom. The third kappa shape index (κ3) is 3.60. The van der Waals surface area contributed by atoms with E-state index in [1.54, 1.807) is 14.0 Å². The lowest BCUT2D eigenvalue weighted by Gasteiger charge is -2.20. The number of hydrogen-bond donors (Lipinski definition) is 0. The Morgan fingerprint density at radius 2 is 2.07 bits per heavy atom. The van der Waals surface area contributed by atoms with Crippen LogP contribution in [0.1, 0.15) is 12.7 Å². The van der Waals surface area contributed by atoms with E-state index in [1.165, 1.54) is 0 Å². The summed E-state index contributed by atoms with van der Waals surface area (Å²) in [5, 5.41) is 0.230. The number of aromatic nitrogens is 3. The van der Waals surface area contributed by atoms with Gasteiger partial charge in [-0.05, 0) is 25.4 Å². The molecule has 0 saturated carbocycles. The standard InChI is InChI=1S/C9H15ClN4O/c1-4-14(5-6-15-3)9-12-7(2)11-8(10)13-9/h4-6H2,1-3H3. The summed E-state index contributed by atoms with van der Waals surface area (Å²) < 4.78 is 5.01. The normalized spacial score (nSPS) is 10.4. The van der Waals surface area contributed by atoms with Crippen molar-refractivity contribution in [2.75, 3.05) is 31.7 Å². The highest BCUT2D eigenvalue weighted by Crippen LogP contribution is 2.10. The molecule has 0 N–H and O–H groups in total. The first-order valence-electron chi connectivity index (χ1n) is 4.79. The second-order valence-corrected chi connectivity index (χ2v) is 3.36. The number of halogens is 1. The molecular weight excluding hydrogens is 216 g/mol. The molecule has 0 aliphatic carbocycles. The second-order valence-electron chi connectivity index (χ2n) is 3.02. The highest BCUT2D eigenvalue weighted by Gasteiger charge is 2.09. The minimum absolute atomic E-state index is 0.230. The van der Waals surface area contributed by atoms with Gasteiger partial charge in [-0.3, -0.25) is 0 Å². The van der Waals surface area contributed by atoms with E-state index in [9.17, 15) is 0 Å². The number of anilines is 1. The molecule has 5 nitrogen and oxygen atoms in total. The zero-order valence-corrected chi connectivity index (χ0v) is 9.95. The molecule has 0 bridgehead atoms. The van der Waals surface area contributed by atoms with E-state index in [0.29, 0.717) is 18.4 Å². The largest absolute Gasteiger partial charge is 0.383 e. The Morgan fingerprint density at radius 1 is 1.33 bits per heavy atom. The second kappa shape index (κ2) is 5.82. The fourth-order valence-electron chi connectivity index (χ4n) is 1.18. The van der Waals surface area contributed by atoms with Gasteiger partial charge >= 0.3 is 0 Å². The average molecular weight is 231 g/mol. The maximum Gasteiger partial charge on any atom is 0.229 e. The van der Waals surface area contributed by atoms with Crippen molar-refractivity contribution in [3.05, 3.63) is 11.1 Å². The van der Waals surface area contributed by atoms with Gasteiger partial charge < -0.3 is 9.64 Å². The van der Waals surface area contributed by atoms with Crippen LogP contribution in [0.25, 0.3) is 0 Å². The maximum absolute atomic E-state index is 5.77. The third-order valence-corrected chi connectivity index (χ3v) is 2.11. The lowest BCUT2D eigenvalue weighted by Crippen LogP contribution is -2.29. The van der Waals surface area contributed by atoms with Gasteiger partial charge in [0.1, 0.15) is 5.82 Å². The Hall–Kier alpha value is -0.940. The van der Waals surface area contributed by atoms with Crippen LogP contribution in [0.3, 0.4) is 0 Å². The average Bonchev–Trinajstić information content (AvgIpc) is 2.17. The summed E-state index contributed by atoms with van der Waals surface area (Å²) in [4.78, 5) is 14.2. The smallest absolute Gasteiger partial charge is 0.229 e. The molecule has 1 aromatic rings. The van der Waals surface area contributed by atoms with E-state index < -0.39 is 0 Å². The van der Waals surface area contributed by atoms with Gasteiger partial charge in [-0.2, -0.15) is 9.97 Å². The van der Waals surface area contributed by atoms with Crippen molar-refractivity contribution in [3.63, 3.8) is 0 Å². The number of likely N-dealkylation sites (N-methyl/N-ethyl adjacent to an activating group) is 1. The summed E-state index contributed by atoms with van der Waals surface area (Å²) in [5.74, 6) is 1.23. The van der Waals surface area contributed by atoms with Crippen LogP contribution in [0.2, 0.25) is 5.28 Å². The highest BCUT2D eigenvalue weighted by atomic mass is 35.5. The maximum atomic E-state index is 5.77. The number of ether oxygens (including phenoxy) is 1. The molecule has 0 saturated heterocycles. The molecule has 6 heteroatoms. The Kier molecular flexibility index (Phi) is 4.71. The summed E-state index contributed by atoms with van der Waals surface area (Å²) >= 11 is 5.77. The van der Waals surface area contributed by atoms with E-state index >= 15 is 0 Å². The van der Waals surface area contributed by atoms with Crippen molar-refractivity contribution >= 4 is 17.5 Å². The molecule has 0 aliphatic heterocycles. The van der Waals surface area contributed by atoms with Crippen LogP contribution >= 0.6 is 11.6 Å². The molecule has 1 aromatic heterocycles. The highest BCUT2D eigenvalue weighted by molar-refractivity contribution is 6.28. The number of rotatable bonds is 5. The Balaban J connectivity index is 2.81. The molecule has 0 radical (unpaired) electrons. The van der Waals surface area contributed by atoms with Crippen LogP contribution in [0.15, 0.2) is 0 Å². The lowest BCUT2D eigenvalue weighted by molar-refractivity contribution is 0.205. The molecule has 1 rings (SSSR count). The summed E-state index contributed by atoms with van der Waals surface area (Å²) in [6, 6.07) is 0. The van der Waals surface area contributed by atoms with Crippen LogP contribution in [0.5, 0.6) is 0 Å². The van der Waals surface area contributed by atoms with Gasteiger partial charge in [-0.1, -0.05) is 0 Å². The first-order valence-corrected chi connectivity index (χ1v) is 5.17. The van der Waals surface area contributed by atoms with Gasteiger partial charge in [0.05, 0.1) is 6.61 Å². The molecule has 1 heterocycles. The van der Waals surface area contributed by atoms with E-state index in [2.05, 4.69) is 15.0 Å². The quantitative estimate of drug-likeness (QED) is 0.763. The predicted molar refractivity (Wildman–Crippen MR) is 59.3 cm³/mol. The summed E-state index contributed by atoms with van der Waals surface area (Å²) in [5.41, 5.74) is 0. The van der Waals surface area contributed by atoms with E-state index in [4.69, 9.17) is 16.3 Å². The van der Waals surface area contributed by atoms with Crippen LogP contribution in [-0.4, -0.2) is 41.8 Å². The topological polar surface area (TPSA) is 51.1 Å². The van der Waals surface area contributed by atoms with Crippen LogP contribution < -0.4 is 4.90 Å². The first kappa shape index (κ1) is 12.1. The van der Waals surface area contributed by atoms with Gasteiger partial charge in [-0.15, -0.1) is 0 Å². The number of aryl methyl sites for hydroxylation is 1. The predicted octanol–water partition coefficient (Wildman–Crippen LogP) is 1.31.